The van der Waals surface area contributed by atoms with Gasteiger partial charge < -0.3 is 5.73 Å². The first kappa shape index (κ1) is 14.6. The van der Waals surface area contributed by atoms with Gasteiger partial charge in [-0.25, -0.2) is 0 Å². The van der Waals surface area contributed by atoms with Crippen LogP contribution in [-0.4, -0.2) is 9.78 Å². The van der Waals surface area contributed by atoms with Crippen LogP contribution in [0.4, 0.5) is 0 Å². The maximum Gasteiger partial charge on any atom is 0.0847 e. The fourth-order valence-corrected chi connectivity index (χ4v) is 3.43. The Hall–Kier alpha value is -1.32. The number of hydrogen-bond donors (Lipinski definition) is 1. The van der Waals surface area contributed by atoms with E-state index in [1.165, 1.54) is 36.0 Å². The van der Waals surface area contributed by atoms with Crippen LogP contribution in [0.1, 0.15) is 47.5 Å². The zero-order valence-electron chi connectivity index (χ0n) is 12.7. The molecule has 0 amide bonds. The Kier molecular flexibility index (Phi) is 4.05. The first-order chi connectivity index (χ1) is 10.1. The summed E-state index contributed by atoms with van der Waals surface area (Å²) >= 11 is 6.38. The molecule has 0 fully saturated rings. The molecule has 21 heavy (non-hydrogen) atoms. The van der Waals surface area contributed by atoms with E-state index in [0.29, 0.717) is 0 Å². The lowest BCUT2D eigenvalue weighted by atomic mass is 9.98. The van der Waals surface area contributed by atoms with Gasteiger partial charge in [-0.05, 0) is 49.8 Å². The Morgan fingerprint density at radius 3 is 2.86 bits per heavy atom. The summed E-state index contributed by atoms with van der Waals surface area (Å²) in [4.78, 5) is 0. The molecule has 3 nitrogen and oxygen atoms in total. The predicted octanol–water partition coefficient (Wildman–Crippen LogP) is 3.60. The van der Waals surface area contributed by atoms with Crippen molar-refractivity contribution in [1.29, 1.82) is 0 Å². The van der Waals surface area contributed by atoms with E-state index >= 15 is 0 Å². The van der Waals surface area contributed by atoms with Crippen LogP contribution in [0.15, 0.2) is 18.2 Å². The van der Waals surface area contributed by atoms with Gasteiger partial charge in [0, 0.05) is 19.0 Å². The monoisotopic (exact) mass is 303 g/mol. The lowest BCUT2D eigenvalue weighted by molar-refractivity contribution is 0.587. The van der Waals surface area contributed by atoms with E-state index in [2.05, 4.69) is 30.2 Å². The maximum atomic E-state index is 6.42. The lowest BCUT2D eigenvalue weighted by Gasteiger charge is -2.15. The molecule has 1 heterocycles. The van der Waals surface area contributed by atoms with Crippen LogP contribution in [0.5, 0.6) is 0 Å². The molecule has 1 aromatic heterocycles. The summed E-state index contributed by atoms with van der Waals surface area (Å²) in [6.45, 7) is 4.84. The van der Waals surface area contributed by atoms with Gasteiger partial charge >= 0.3 is 0 Å². The molecule has 2 N–H and O–H groups in total. The van der Waals surface area contributed by atoms with Gasteiger partial charge in [0.2, 0.25) is 0 Å². The number of rotatable bonds is 4. The van der Waals surface area contributed by atoms with E-state index in [1.54, 1.807) is 0 Å². The van der Waals surface area contributed by atoms with Gasteiger partial charge in [0.05, 0.1) is 16.4 Å². The summed E-state index contributed by atoms with van der Waals surface area (Å²) in [5.74, 6) is 0. The molecule has 0 radical (unpaired) electrons. The number of aryl methyl sites for hydroxylation is 4. The highest BCUT2D eigenvalue weighted by Crippen LogP contribution is 2.28. The average Bonchev–Trinajstić information content (AvgIpc) is 3.05. The van der Waals surface area contributed by atoms with Gasteiger partial charge in [0.1, 0.15) is 0 Å². The normalized spacial score (nSPS) is 15.2. The third-order valence-electron chi connectivity index (χ3n) is 4.42. The largest absolute Gasteiger partial charge is 0.324 e. The second kappa shape index (κ2) is 5.82. The molecular formula is C17H22ClN3. The minimum Gasteiger partial charge on any atom is -0.324 e. The van der Waals surface area contributed by atoms with Crippen molar-refractivity contribution in [1.82, 2.24) is 9.78 Å². The third kappa shape index (κ3) is 2.72. The van der Waals surface area contributed by atoms with E-state index in [1.807, 2.05) is 11.6 Å². The number of benzene rings is 1. The van der Waals surface area contributed by atoms with E-state index < -0.39 is 0 Å². The molecule has 1 unspecified atom stereocenters. The van der Waals surface area contributed by atoms with Crippen molar-refractivity contribution in [2.45, 2.75) is 52.1 Å². The van der Waals surface area contributed by atoms with Gasteiger partial charge in [-0.15, -0.1) is 0 Å². The highest BCUT2D eigenvalue weighted by atomic mass is 35.5. The molecule has 0 saturated carbocycles. The Bertz CT molecular complexity index is 660. The van der Waals surface area contributed by atoms with Crippen molar-refractivity contribution in [3.63, 3.8) is 0 Å². The molecule has 1 atom stereocenters. The predicted molar refractivity (Wildman–Crippen MR) is 86.7 cm³/mol. The summed E-state index contributed by atoms with van der Waals surface area (Å²) in [7, 11) is 0. The number of hydrogen-bond acceptors (Lipinski definition) is 2. The SMILES string of the molecule is CCn1nc(C)c(Cl)c1CC(N)c1ccc2c(c1)CCC2. The first-order valence-electron chi connectivity index (χ1n) is 7.69. The van der Waals surface area contributed by atoms with Gasteiger partial charge in [-0.2, -0.15) is 5.10 Å². The maximum absolute atomic E-state index is 6.42. The number of nitrogens with two attached hydrogens (primary N) is 1. The van der Waals surface area contributed by atoms with E-state index in [-0.39, 0.29) is 6.04 Å². The van der Waals surface area contributed by atoms with Crippen LogP contribution >= 0.6 is 11.6 Å². The van der Waals surface area contributed by atoms with Crippen molar-refractivity contribution in [2.24, 2.45) is 5.73 Å². The van der Waals surface area contributed by atoms with Crippen LogP contribution in [0.25, 0.3) is 0 Å². The number of aromatic nitrogens is 2. The Balaban J connectivity index is 1.85. The lowest BCUT2D eigenvalue weighted by Crippen LogP contribution is -2.16. The molecule has 0 bridgehead atoms. The zero-order valence-corrected chi connectivity index (χ0v) is 13.5. The molecule has 1 aromatic carbocycles. The minimum atomic E-state index is -0.0326. The molecule has 3 rings (SSSR count). The molecular weight excluding hydrogens is 282 g/mol. The van der Waals surface area contributed by atoms with E-state index in [4.69, 9.17) is 17.3 Å². The standard InChI is InChI=1S/C17H22ClN3/c1-3-21-16(17(18)11(2)20-21)10-15(19)14-8-7-12-5-4-6-13(12)9-14/h7-9,15H,3-6,10,19H2,1-2H3. The number of halogens is 1. The van der Waals surface area contributed by atoms with Crippen LogP contribution in [0.3, 0.4) is 0 Å². The molecule has 2 aromatic rings. The first-order valence-corrected chi connectivity index (χ1v) is 8.07. The summed E-state index contributed by atoms with van der Waals surface area (Å²) in [5, 5.41) is 5.22. The fourth-order valence-electron chi connectivity index (χ4n) is 3.21. The van der Waals surface area contributed by atoms with E-state index in [9.17, 15) is 0 Å². The Morgan fingerprint density at radius 1 is 1.33 bits per heavy atom. The minimum absolute atomic E-state index is 0.0326. The van der Waals surface area contributed by atoms with Crippen molar-refractivity contribution in [3.05, 3.63) is 51.3 Å². The Labute approximate surface area is 131 Å². The van der Waals surface area contributed by atoms with Crippen molar-refractivity contribution >= 4 is 11.6 Å². The van der Waals surface area contributed by atoms with Gasteiger partial charge in [0.15, 0.2) is 0 Å². The van der Waals surface area contributed by atoms with Crippen LogP contribution in [-0.2, 0) is 25.8 Å². The molecule has 0 saturated heterocycles. The summed E-state index contributed by atoms with van der Waals surface area (Å²) in [6, 6.07) is 6.65. The summed E-state index contributed by atoms with van der Waals surface area (Å²) in [6.07, 6.45) is 4.38. The second-order valence-electron chi connectivity index (χ2n) is 5.85. The summed E-state index contributed by atoms with van der Waals surface area (Å²) in [5.41, 5.74) is 12.5. The highest BCUT2D eigenvalue weighted by molar-refractivity contribution is 6.31. The van der Waals surface area contributed by atoms with Crippen molar-refractivity contribution in [2.75, 3.05) is 0 Å². The fraction of sp³-hybridized carbons (Fsp3) is 0.471. The van der Waals surface area contributed by atoms with Gasteiger partial charge in [0.25, 0.3) is 0 Å². The number of nitrogens with zero attached hydrogens (tertiary/aromatic N) is 2. The van der Waals surface area contributed by atoms with Crippen LogP contribution in [0.2, 0.25) is 5.02 Å². The zero-order chi connectivity index (χ0) is 15.0. The number of fused-ring (bicyclic) bond motifs is 1. The Morgan fingerprint density at radius 2 is 2.10 bits per heavy atom. The van der Waals surface area contributed by atoms with Crippen LogP contribution < -0.4 is 5.73 Å². The molecule has 4 heteroatoms. The van der Waals surface area contributed by atoms with Crippen molar-refractivity contribution < 1.29 is 0 Å². The third-order valence-corrected chi connectivity index (χ3v) is 4.91. The molecule has 0 aliphatic heterocycles. The highest BCUT2D eigenvalue weighted by Gasteiger charge is 2.18. The van der Waals surface area contributed by atoms with Gasteiger partial charge in [-0.1, -0.05) is 29.8 Å². The molecule has 1 aliphatic carbocycles. The molecule has 112 valence electrons. The smallest absolute Gasteiger partial charge is 0.0847 e. The molecule has 0 spiro atoms. The quantitative estimate of drug-likeness (QED) is 0.938. The average molecular weight is 304 g/mol. The van der Waals surface area contributed by atoms with E-state index in [0.717, 1.165) is 29.4 Å². The van der Waals surface area contributed by atoms with Crippen molar-refractivity contribution in [3.8, 4) is 0 Å². The van der Waals surface area contributed by atoms with Crippen LogP contribution in [0, 0.1) is 6.92 Å². The molecule has 1 aliphatic rings. The summed E-state index contributed by atoms with van der Waals surface area (Å²) < 4.78 is 1.96. The second-order valence-corrected chi connectivity index (χ2v) is 6.23. The topological polar surface area (TPSA) is 43.8 Å². The van der Waals surface area contributed by atoms with Gasteiger partial charge in [-0.3, -0.25) is 4.68 Å².